The van der Waals surface area contributed by atoms with E-state index < -0.39 is 17.5 Å². The molecule has 26 heavy (non-hydrogen) atoms. The maximum absolute atomic E-state index is 13.1. The van der Waals surface area contributed by atoms with Crippen LogP contribution in [-0.4, -0.2) is 26.8 Å². The summed E-state index contributed by atoms with van der Waals surface area (Å²) in [5.74, 6) is -0.851. The number of thioether (sulfide) groups is 1. The van der Waals surface area contributed by atoms with E-state index in [2.05, 4.69) is 20.4 Å². The van der Waals surface area contributed by atoms with Crippen molar-refractivity contribution in [3.05, 3.63) is 54.0 Å². The lowest BCUT2D eigenvalue weighted by atomic mass is 10.3. The Labute approximate surface area is 152 Å². The Morgan fingerprint density at radius 2 is 2.00 bits per heavy atom. The van der Waals surface area contributed by atoms with Crippen LogP contribution in [-0.2, 0) is 11.2 Å². The van der Waals surface area contributed by atoms with Gasteiger partial charge in [-0.2, -0.15) is 4.98 Å². The molecule has 0 radical (unpaired) electrons. The summed E-state index contributed by atoms with van der Waals surface area (Å²) in [6.07, 6.45) is 2.25. The van der Waals surface area contributed by atoms with E-state index in [0.29, 0.717) is 28.7 Å². The number of halogens is 2. The second kappa shape index (κ2) is 8.05. The van der Waals surface area contributed by atoms with Crippen LogP contribution in [0.25, 0.3) is 11.5 Å². The van der Waals surface area contributed by atoms with Crippen molar-refractivity contribution in [2.24, 2.45) is 0 Å². The molecule has 1 aromatic carbocycles. The lowest BCUT2D eigenvalue weighted by molar-refractivity contribution is -0.113. The SMILES string of the molecule is CCc1noc(-c2ccc(SCC(=O)Nc3cc(F)cc(F)c3)nc2)n1. The fourth-order valence-electron chi connectivity index (χ4n) is 2.07. The average Bonchev–Trinajstić information content (AvgIpc) is 3.09. The molecule has 9 heteroatoms. The minimum Gasteiger partial charge on any atom is -0.334 e. The van der Waals surface area contributed by atoms with Crippen LogP contribution >= 0.6 is 11.8 Å². The molecule has 3 rings (SSSR count). The summed E-state index contributed by atoms with van der Waals surface area (Å²) < 4.78 is 31.3. The molecule has 1 amide bonds. The van der Waals surface area contributed by atoms with Crippen molar-refractivity contribution >= 4 is 23.4 Å². The Morgan fingerprint density at radius 3 is 2.62 bits per heavy atom. The standard InChI is InChI=1S/C17H14F2N4O2S/c1-2-14-22-17(25-23-14)10-3-4-16(20-8-10)26-9-15(24)21-13-6-11(18)5-12(19)7-13/h3-8H,2,9H2,1H3,(H,21,24). The molecule has 3 aromatic rings. The van der Waals surface area contributed by atoms with Gasteiger partial charge in [-0.3, -0.25) is 4.79 Å². The molecular weight excluding hydrogens is 362 g/mol. The molecule has 0 unspecified atom stereocenters. The fourth-order valence-corrected chi connectivity index (χ4v) is 2.71. The predicted octanol–water partition coefficient (Wildman–Crippen LogP) is 3.70. The highest BCUT2D eigenvalue weighted by Crippen LogP contribution is 2.21. The van der Waals surface area contributed by atoms with Gasteiger partial charge in [0.25, 0.3) is 5.89 Å². The molecule has 0 fully saturated rings. The number of nitrogens with one attached hydrogen (secondary N) is 1. The van der Waals surface area contributed by atoms with Gasteiger partial charge >= 0.3 is 0 Å². The predicted molar refractivity (Wildman–Crippen MR) is 92.6 cm³/mol. The van der Waals surface area contributed by atoms with E-state index in [1.54, 1.807) is 18.3 Å². The minimum absolute atomic E-state index is 0.0466. The number of hydrogen-bond donors (Lipinski definition) is 1. The number of hydrogen-bond acceptors (Lipinski definition) is 6. The van der Waals surface area contributed by atoms with Crippen LogP contribution in [0.3, 0.4) is 0 Å². The van der Waals surface area contributed by atoms with E-state index in [4.69, 9.17) is 4.52 Å². The summed E-state index contributed by atoms with van der Waals surface area (Å²) in [6, 6.07) is 6.33. The van der Waals surface area contributed by atoms with Crippen molar-refractivity contribution < 1.29 is 18.1 Å². The molecule has 0 spiro atoms. The summed E-state index contributed by atoms with van der Waals surface area (Å²) in [4.78, 5) is 20.3. The average molecular weight is 376 g/mol. The van der Waals surface area contributed by atoms with Crippen LogP contribution in [0.2, 0.25) is 0 Å². The number of aryl methyl sites for hydroxylation is 1. The summed E-state index contributed by atoms with van der Waals surface area (Å²) >= 11 is 1.19. The van der Waals surface area contributed by atoms with E-state index in [1.165, 1.54) is 11.8 Å². The van der Waals surface area contributed by atoms with Crippen LogP contribution in [0.1, 0.15) is 12.7 Å². The number of amides is 1. The van der Waals surface area contributed by atoms with E-state index in [0.717, 1.165) is 18.2 Å². The molecule has 2 heterocycles. The van der Waals surface area contributed by atoms with Gasteiger partial charge in [-0.1, -0.05) is 23.8 Å². The van der Waals surface area contributed by atoms with Crippen LogP contribution in [0, 0.1) is 11.6 Å². The zero-order valence-corrected chi connectivity index (χ0v) is 14.5. The molecule has 134 valence electrons. The van der Waals surface area contributed by atoms with Gasteiger partial charge in [-0.05, 0) is 24.3 Å². The molecule has 6 nitrogen and oxygen atoms in total. The lowest BCUT2D eigenvalue weighted by Crippen LogP contribution is -2.14. The zero-order valence-electron chi connectivity index (χ0n) is 13.7. The quantitative estimate of drug-likeness (QED) is 0.661. The smallest absolute Gasteiger partial charge is 0.259 e. The molecule has 0 saturated heterocycles. The Kier molecular flexibility index (Phi) is 5.57. The molecule has 0 aliphatic carbocycles. The molecule has 0 aliphatic heterocycles. The van der Waals surface area contributed by atoms with Gasteiger partial charge in [0, 0.05) is 24.4 Å². The Bertz CT molecular complexity index is 895. The first-order chi connectivity index (χ1) is 12.5. The topological polar surface area (TPSA) is 80.9 Å². The van der Waals surface area contributed by atoms with E-state index in [9.17, 15) is 13.6 Å². The highest BCUT2D eigenvalue weighted by Gasteiger charge is 2.10. The van der Waals surface area contributed by atoms with Crippen molar-refractivity contribution in [1.29, 1.82) is 0 Å². The molecule has 1 N–H and O–H groups in total. The van der Waals surface area contributed by atoms with Gasteiger partial charge < -0.3 is 9.84 Å². The largest absolute Gasteiger partial charge is 0.334 e. The third kappa shape index (κ3) is 4.63. The van der Waals surface area contributed by atoms with E-state index in [1.807, 2.05) is 6.92 Å². The summed E-state index contributed by atoms with van der Waals surface area (Å²) in [5, 5.41) is 6.87. The number of anilines is 1. The van der Waals surface area contributed by atoms with Crippen molar-refractivity contribution in [2.45, 2.75) is 18.4 Å². The van der Waals surface area contributed by atoms with Crippen molar-refractivity contribution in [1.82, 2.24) is 15.1 Å². The Morgan fingerprint density at radius 1 is 1.23 bits per heavy atom. The Balaban J connectivity index is 1.56. The summed E-state index contributed by atoms with van der Waals surface area (Å²) in [6.45, 7) is 1.93. The maximum Gasteiger partial charge on any atom is 0.259 e. The monoisotopic (exact) mass is 376 g/mol. The Hall–Kier alpha value is -2.81. The molecular formula is C17H14F2N4O2S. The van der Waals surface area contributed by atoms with Crippen molar-refractivity contribution in [3.63, 3.8) is 0 Å². The van der Waals surface area contributed by atoms with Crippen LogP contribution in [0.15, 0.2) is 46.1 Å². The van der Waals surface area contributed by atoms with E-state index >= 15 is 0 Å². The van der Waals surface area contributed by atoms with Crippen molar-refractivity contribution in [2.75, 3.05) is 11.1 Å². The van der Waals surface area contributed by atoms with Gasteiger partial charge in [0.05, 0.1) is 16.3 Å². The van der Waals surface area contributed by atoms with Gasteiger partial charge in [-0.25, -0.2) is 13.8 Å². The lowest BCUT2D eigenvalue weighted by Gasteiger charge is -2.05. The normalized spacial score (nSPS) is 10.7. The highest BCUT2D eigenvalue weighted by molar-refractivity contribution is 7.99. The summed E-state index contributed by atoms with van der Waals surface area (Å²) in [7, 11) is 0. The number of benzene rings is 1. The fraction of sp³-hybridized carbons (Fsp3) is 0.176. The number of pyridine rings is 1. The van der Waals surface area contributed by atoms with Gasteiger partial charge in [0.15, 0.2) is 5.82 Å². The number of carbonyl (C=O) groups is 1. The maximum atomic E-state index is 13.1. The van der Waals surface area contributed by atoms with E-state index in [-0.39, 0.29) is 11.4 Å². The first kappa shape index (κ1) is 18.0. The third-order valence-corrected chi connectivity index (χ3v) is 4.21. The number of aromatic nitrogens is 3. The van der Waals surface area contributed by atoms with Crippen LogP contribution < -0.4 is 5.32 Å². The summed E-state index contributed by atoms with van der Waals surface area (Å²) in [5.41, 5.74) is 0.751. The first-order valence-electron chi connectivity index (χ1n) is 7.71. The number of carbonyl (C=O) groups excluding carboxylic acids is 1. The molecule has 0 aliphatic rings. The third-order valence-electron chi connectivity index (χ3n) is 3.27. The van der Waals surface area contributed by atoms with Crippen LogP contribution in [0.4, 0.5) is 14.5 Å². The second-order valence-electron chi connectivity index (χ2n) is 5.25. The second-order valence-corrected chi connectivity index (χ2v) is 6.25. The van der Waals surface area contributed by atoms with Crippen LogP contribution in [0.5, 0.6) is 0 Å². The highest BCUT2D eigenvalue weighted by atomic mass is 32.2. The number of nitrogens with zero attached hydrogens (tertiary/aromatic N) is 3. The van der Waals surface area contributed by atoms with Crippen molar-refractivity contribution in [3.8, 4) is 11.5 Å². The number of rotatable bonds is 6. The van der Waals surface area contributed by atoms with Gasteiger partial charge in [0.2, 0.25) is 5.91 Å². The minimum atomic E-state index is -0.752. The molecule has 0 bridgehead atoms. The zero-order chi connectivity index (χ0) is 18.5. The molecule has 2 aromatic heterocycles. The first-order valence-corrected chi connectivity index (χ1v) is 8.70. The van der Waals surface area contributed by atoms with Gasteiger partial charge in [0.1, 0.15) is 11.6 Å². The molecule has 0 saturated carbocycles. The molecule has 0 atom stereocenters. The van der Waals surface area contributed by atoms with Gasteiger partial charge in [-0.15, -0.1) is 0 Å².